The maximum atomic E-state index is 12.5. The third kappa shape index (κ3) is 3.23. The molecule has 0 spiro atoms. The lowest BCUT2D eigenvalue weighted by molar-refractivity contribution is -0.125. The lowest BCUT2D eigenvalue weighted by atomic mass is 9.92. The first-order valence-corrected chi connectivity index (χ1v) is 9.05. The van der Waals surface area contributed by atoms with Gasteiger partial charge in [-0.25, -0.2) is 0 Å². The highest BCUT2D eigenvalue weighted by Crippen LogP contribution is 2.27. The van der Waals surface area contributed by atoms with E-state index in [0.717, 1.165) is 39.7 Å². The Balaban J connectivity index is 1.58. The molecule has 0 amide bonds. The molecule has 1 saturated heterocycles. The van der Waals surface area contributed by atoms with Crippen LogP contribution in [0, 0.1) is 5.92 Å². The van der Waals surface area contributed by atoms with Gasteiger partial charge in [0, 0.05) is 49.0 Å². The number of rotatable bonds is 4. The van der Waals surface area contributed by atoms with Crippen LogP contribution in [-0.2, 0) is 16.0 Å². The smallest absolute Gasteiger partial charge is 0.142 e. The number of aromatic nitrogens is 2. The van der Waals surface area contributed by atoms with E-state index in [4.69, 9.17) is 4.74 Å². The summed E-state index contributed by atoms with van der Waals surface area (Å²) in [6.45, 7) is 1.39. The molecule has 1 aromatic carbocycles. The lowest BCUT2D eigenvalue weighted by Crippen LogP contribution is -2.24. The van der Waals surface area contributed by atoms with Crippen LogP contribution in [0.15, 0.2) is 42.2 Å². The SMILES string of the molecule is O=C(Cc1cc2cc(-c3cncs3)ccc2cn1)C1CCOCC1. The number of hydrogen-bond donors (Lipinski definition) is 0. The van der Waals surface area contributed by atoms with Crippen molar-refractivity contribution in [1.82, 2.24) is 9.97 Å². The van der Waals surface area contributed by atoms with Crippen LogP contribution in [0.2, 0.25) is 0 Å². The molecule has 24 heavy (non-hydrogen) atoms. The van der Waals surface area contributed by atoms with Crippen LogP contribution in [0.25, 0.3) is 21.2 Å². The molecule has 0 N–H and O–H groups in total. The van der Waals surface area contributed by atoms with E-state index in [1.54, 1.807) is 11.3 Å². The average Bonchev–Trinajstić information content (AvgIpc) is 3.16. The molecule has 0 unspecified atom stereocenters. The molecule has 0 atom stereocenters. The highest BCUT2D eigenvalue weighted by atomic mass is 32.1. The number of pyridine rings is 1. The molecule has 4 rings (SSSR count). The molecule has 1 aliphatic rings. The maximum Gasteiger partial charge on any atom is 0.142 e. The van der Waals surface area contributed by atoms with Crippen molar-refractivity contribution in [2.45, 2.75) is 19.3 Å². The zero-order valence-corrected chi connectivity index (χ0v) is 14.1. The number of fused-ring (bicyclic) bond motifs is 1. The van der Waals surface area contributed by atoms with Gasteiger partial charge in [-0.3, -0.25) is 14.8 Å². The summed E-state index contributed by atoms with van der Waals surface area (Å²) in [5, 5.41) is 2.20. The Labute approximate surface area is 144 Å². The molecule has 0 aliphatic carbocycles. The van der Waals surface area contributed by atoms with E-state index in [1.165, 1.54) is 0 Å². The molecule has 4 nitrogen and oxygen atoms in total. The first-order valence-electron chi connectivity index (χ1n) is 8.17. The first-order chi connectivity index (χ1) is 11.8. The summed E-state index contributed by atoms with van der Waals surface area (Å²) in [4.78, 5) is 22.2. The van der Waals surface area contributed by atoms with Crippen molar-refractivity contribution >= 4 is 27.9 Å². The van der Waals surface area contributed by atoms with Gasteiger partial charge in [-0.1, -0.05) is 12.1 Å². The Morgan fingerprint density at radius 3 is 2.83 bits per heavy atom. The summed E-state index contributed by atoms with van der Waals surface area (Å²) >= 11 is 1.63. The van der Waals surface area contributed by atoms with Gasteiger partial charge in [-0.2, -0.15) is 0 Å². The van der Waals surface area contributed by atoms with Crippen LogP contribution in [0.1, 0.15) is 18.5 Å². The van der Waals surface area contributed by atoms with Gasteiger partial charge in [-0.05, 0) is 35.9 Å². The number of carbonyl (C=O) groups is 1. The molecule has 1 fully saturated rings. The average molecular weight is 338 g/mol. The van der Waals surface area contributed by atoms with Gasteiger partial charge in [0.2, 0.25) is 0 Å². The van der Waals surface area contributed by atoms with Crippen LogP contribution in [-0.4, -0.2) is 29.0 Å². The predicted molar refractivity (Wildman–Crippen MR) is 95.1 cm³/mol. The largest absolute Gasteiger partial charge is 0.381 e. The van der Waals surface area contributed by atoms with Crippen LogP contribution < -0.4 is 0 Å². The van der Waals surface area contributed by atoms with Gasteiger partial charge in [0.05, 0.1) is 10.4 Å². The van der Waals surface area contributed by atoms with Gasteiger partial charge < -0.3 is 4.74 Å². The highest BCUT2D eigenvalue weighted by molar-refractivity contribution is 7.13. The van der Waals surface area contributed by atoms with Crippen LogP contribution in [0.4, 0.5) is 0 Å². The number of hydrogen-bond acceptors (Lipinski definition) is 5. The summed E-state index contributed by atoms with van der Waals surface area (Å²) in [6, 6.07) is 8.34. The maximum absolute atomic E-state index is 12.5. The van der Waals surface area contributed by atoms with Crippen LogP contribution in [0.5, 0.6) is 0 Å². The Morgan fingerprint density at radius 2 is 2.04 bits per heavy atom. The first kappa shape index (κ1) is 15.4. The monoisotopic (exact) mass is 338 g/mol. The Kier molecular flexibility index (Phi) is 4.36. The second-order valence-electron chi connectivity index (χ2n) is 6.13. The minimum atomic E-state index is 0.125. The van der Waals surface area contributed by atoms with Gasteiger partial charge >= 0.3 is 0 Å². The number of ether oxygens (including phenoxy) is 1. The Morgan fingerprint density at radius 1 is 1.17 bits per heavy atom. The summed E-state index contributed by atoms with van der Waals surface area (Å²) in [5.41, 5.74) is 3.84. The third-order valence-electron chi connectivity index (χ3n) is 4.53. The zero-order chi connectivity index (χ0) is 16.4. The molecule has 2 aromatic heterocycles. The van der Waals surface area contributed by atoms with Crippen molar-refractivity contribution in [3.05, 3.63) is 47.9 Å². The van der Waals surface area contributed by atoms with Crippen LogP contribution in [0.3, 0.4) is 0 Å². The number of nitrogens with zero attached hydrogens (tertiary/aromatic N) is 2. The number of ketones is 1. The van der Waals surface area contributed by atoms with Crippen molar-refractivity contribution in [3.8, 4) is 10.4 Å². The molecule has 0 bridgehead atoms. The molecule has 3 aromatic rings. The minimum Gasteiger partial charge on any atom is -0.381 e. The highest BCUT2D eigenvalue weighted by Gasteiger charge is 2.21. The number of thiazole rings is 1. The van der Waals surface area contributed by atoms with E-state index < -0.39 is 0 Å². The molecule has 3 heterocycles. The fraction of sp³-hybridized carbons (Fsp3) is 0.316. The number of benzene rings is 1. The van der Waals surface area contributed by atoms with Crippen LogP contribution >= 0.6 is 11.3 Å². The van der Waals surface area contributed by atoms with Gasteiger partial charge in [-0.15, -0.1) is 11.3 Å². The predicted octanol–water partition coefficient (Wildman–Crippen LogP) is 3.90. The summed E-state index contributed by atoms with van der Waals surface area (Å²) in [5.74, 6) is 0.406. The van der Waals surface area contributed by atoms with E-state index in [0.29, 0.717) is 19.6 Å². The van der Waals surface area contributed by atoms with E-state index in [9.17, 15) is 4.79 Å². The standard InChI is InChI=1S/C19H18N2O2S/c22-18(13-3-5-23-6-4-13)9-17-8-16-7-14(19-11-20-12-24-19)1-2-15(16)10-21-17/h1-2,7-8,10-13H,3-6,9H2. The quantitative estimate of drug-likeness (QED) is 0.724. The van der Waals surface area contributed by atoms with E-state index in [1.807, 2.05) is 24.0 Å². The van der Waals surface area contributed by atoms with Gasteiger partial charge in [0.25, 0.3) is 0 Å². The van der Waals surface area contributed by atoms with E-state index >= 15 is 0 Å². The molecule has 122 valence electrons. The van der Waals surface area contributed by atoms with E-state index in [-0.39, 0.29) is 11.7 Å². The minimum absolute atomic E-state index is 0.125. The second-order valence-corrected chi connectivity index (χ2v) is 7.02. The van der Waals surface area contributed by atoms with Crippen molar-refractivity contribution < 1.29 is 9.53 Å². The fourth-order valence-corrected chi connectivity index (χ4v) is 3.76. The topological polar surface area (TPSA) is 52.1 Å². The van der Waals surface area contributed by atoms with Crippen molar-refractivity contribution in [3.63, 3.8) is 0 Å². The summed E-state index contributed by atoms with van der Waals surface area (Å²) in [7, 11) is 0. The molecule has 5 heteroatoms. The molecule has 0 radical (unpaired) electrons. The Hall–Kier alpha value is -2.11. The van der Waals surface area contributed by atoms with Gasteiger partial charge in [0.15, 0.2) is 0 Å². The van der Waals surface area contributed by atoms with Gasteiger partial charge in [0.1, 0.15) is 5.78 Å². The lowest BCUT2D eigenvalue weighted by Gasteiger charge is -2.20. The zero-order valence-electron chi connectivity index (χ0n) is 13.3. The molecule has 0 saturated carbocycles. The fourth-order valence-electron chi connectivity index (χ4n) is 3.14. The molecule has 1 aliphatic heterocycles. The van der Waals surface area contributed by atoms with Crippen molar-refractivity contribution in [2.75, 3.05) is 13.2 Å². The number of Topliss-reactive ketones (excluding diaryl/α,β-unsaturated/α-hetero) is 1. The van der Waals surface area contributed by atoms with Crippen molar-refractivity contribution in [2.24, 2.45) is 5.92 Å². The Bertz CT molecular complexity index is 855. The normalized spacial score (nSPS) is 15.7. The summed E-state index contributed by atoms with van der Waals surface area (Å²) < 4.78 is 5.33. The second kappa shape index (κ2) is 6.79. The molecular formula is C19H18N2O2S. The molecular weight excluding hydrogens is 320 g/mol. The third-order valence-corrected chi connectivity index (χ3v) is 5.35. The summed E-state index contributed by atoms with van der Waals surface area (Å²) in [6.07, 6.45) is 5.82. The number of carbonyl (C=O) groups excluding carboxylic acids is 1. The van der Waals surface area contributed by atoms with Crippen molar-refractivity contribution in [1.29, 1.82) is 0 Å². The van der Waals surface area contributed by atoms with E-state index in [2.05, 4.69) is 28.2 Å².